The summed E-state index contributed by atoms with van der Waals surface area (Å²) in [6.45, 7) is 2.00. The van der Waals surface area contributed by atoms with Crippen LogP contribution in [0.5, 0.6) is 0 Å². The molecule has 0 atom stereocenters. The number of nitrogens with zero attached hydrogens (tertiary/aromatic N) is 1. The van der Waals surface area contributed by atoms with Crippen molar-refractivity contribution in [3.63, 3.8) is 0 Å². The average Bonchev–Trinajstić information content (AvgIpc) is 2.78. The maximum atomic E-state index is 13.6. The average molecular weight is 305 g/mol. The zero-order valence-corrected chi connectivity index (χ0v) is 11.3. The number of para-hydroxylation sites is 1. The summed E-state index contributed by atoms with van der Waals surface area (Å²) in [5.74, 6) is 0.386. The lowest BCUT2D eigenvalue weighted by Gasteiger charge is -2.03. The van der Waals surface area contributed by atoms with Gasteiger partial charge in [0, 0.05) is 10.0 Å². The van der Waals surface area contributed by atoms with E-state index in [0.29, 0.717) is 16.9 Å². The molecule has 4 heteroatoms. The van der Waals surface area contributed by atoms with Crippen molar-refractivity contribution in [3.8, 4) is 11.4 Å². The summed E-state index contributed by atoms with van der Waals surface area (Å²) in [7, 11) is 0. The lowest BCUT2D eigenvalue weighted by molar-refractivity contribution is 0.637. The van der Waals surface area contributed by atoms with E-state index in [1.807, 2.05) is 31.2 Å². The topological polar surface area (TPSA) is 28.7 Å². The standard InChI is InChI=1S/C14H10BrFN2/c1-8-9(4-2-5-10(8)15)14-17-12-7-3-6-11(16)13(12)18-14/h2-7H,1H3,(H,17,18). The predicted molar refractivity (Wildman–Crippen MR) is 73.9 cm³/mol. The van der Waals surface area contributed by atoms with Crippen molar-refractivity contribution in [2.45, 2.75) is 6.92 Å². The molecule has 18 heavy (non-hydrogen) atoms. The van der Waals surface area contributed by atoms with Crippen LogP contribution in [0.1, 0.15) is 5.56 Å². The Morgan fingerprint density at radius 1 is 1.17 bits per heavy atom. The van der Waals surface area contributed by atoms with Gasteiger partial charge in [0.2, 0.25) is 0 Å². The summed E-state index contributed by atoms with van der Waals surface area (Å²) in [6.07, 6.45) is 0. The van der Waals surface area contributed by atoms with E-state index in [9.17, 15) is 4.39 Å². The van der Waals surface area contributed by atoms with Crippen LogP contribution in [0.15, 0.2) is 40.9 Å². The number of nitrogens with one attached hydrogen (secondary N) is 1. The van der Waals surface area contributed by atoms with Gasteiger partial charge in [0.05, 0.1) is 5.52 Å². The van der Waals surface area contributed by atoms with Crippen molar-refractivity contribution in [2.24, 2.45) is 0 Å². The van der Waals surface area contributed by atoms with Gasteiger partial charge < -0.3 is 4.98 Å². The summed E-state index contributed by atoms with van der Waals surface area (Å²) < 4.78 is 14.6. The first kappa shape index (κ1) is 11.4. The molecule has 2 aromatic carbocycles. The van der Waals surface area contributed by atoms with E-state index in [2.05, 4.69) is 25.9 Å². The Balaban J connectivity index is 2.26. The number of imidazole rings is 1. The molecule has 3 rings (SSSR count). The minimum absolute atomic E-state index is 0.303. The number of hydrogen-bond donors (Lipinski definition) is 1. The molecule has 0 aliphatic heterocycles. The first-order valence-corrected chi connectivity index (χ1v) is 6.36. The summed E-state index contributed by atoms with van der Waals surface area (Å²) in [4.78, 5) is 7.48. The molecule has 1 aromatic heterocycles. The Hall–Kier alpha value is -1.68. The van der Waals surface area contributed by atoms with Crippen LogP contribution < -0.4 is 0 Å². The highest BCUT2D eigenvalue weighted by Crippen LogP contribution is 2.28. The van der Waals surface area contributed by atoms with Gasteiger partial charge in [0.1, 0.15) is 11.3 Å². The van der Waals surface area contributed by atoms with Crippen molar-refractivity contribution in [1.29, 1.82) is 0 Å². The molecule has 0 aliphatic carbocycles. The molecule has 3 aromatic rings. The number of fused-ring (bicyclic) bond motifs is 1. The monoisotopic (exact) mass is 304 g/mol. The Morgan fingerprint density at radius 3 is 2.72 bits per heavy atom. The third kappa shape index (κ3) is 1.73. The maximum absolute atomic E-state index is 13.6. The SMILES string of the molecule is Cc1c(Br)cccc1-c1nc2c(F)cccc2[nH]1. The van der Waals surface area contributed by atoms with Crippen LogP contribution in [0.25, 0.3) is 22.4 Å². The highest BCUT2D eigenvalue weighted by atomic mass is 79.9. The predicted octanol–water partition coefficient (Wildman–Crippen LogP) is 4.44. The Morgan fingerprint density at radius 2 is 1.94 bits per heavy atom. The third-order valence-corrected chi connectivity index (χ3v) is 3.85. The number of benzene rings is 2. The second-order valence-electron chi connectivity index (χ2n) is 4.13. The van der Waals surface area contributed by atoms with Gasteiger partial charge >= 0.3 is 0 Å². The Kier molecular flexibility index (Phi) is 2.67. The van der Waals surface area contributed by atoms with E-state index in [4.69, 9.17) is 0 Å². The first-order chi connectivity index (χ1) is 8.66. The van der Waals surface area contributed by atoms with Crippen LogP contribution >= 0.6 is 15.9 Å². The van der Waals surface area contributed by atoms with E-state index in [-0.39, 0.29) is 5.82 Å². The number of aromatic amines is 1. The third-order valence-electron chi connectivity index (χ3n) is 2.99. The number of H-pyrrole nitrogens is 1. The molecule has 0 radical (unpaired) electrons. The smallest absolute Gasteiger partial charge is 0.151 e. The molecule has 90 valence electrons. The second-order valence-corrected chi connectivity index (χ2v) is 4.99. The van der Waals surface area contributed by atoms with Crippen LogP contribution in [0.4, 0.5) is 4.39 Å². The summed E-state index contributed by atoms with van der Waals surface area (Å²) in [5, 5.41) is 0. The lowest BCUT2D eigenvalue weighted by atomic mass is 10.1. The van der Waals surface area contributed by atoms with Gasteiger partial charge in [-0.1, -0.05) is 34.1 Å². The Labute approximate surface area is 112 Å². The normalized spacial score (nSPS) is 11.1. The van der Waals surface area contributed by atoms with Gasteiger partial charge in [-0.25, -0.2) is 9.37 Å². The van der Waals surface area contributed by atoms with Gasteiger partial charge in [0.15, 0.2) is 5.82 Å². The zero-order chi connectivity index (χ0) is 12.7. The molecule has 2 nitrogen and oxygen atoms in total. The zero-order valence-electron chi connectivity index (χ0n) is 9.67. The summed E-state index contributed by atoms with van der Waals surface area (Å²) in [6, 6.07) is 10.8. The lowest BCUT2D eigenvalue weighted by Crippen LogP contribution is -1.86. The van der Waals surface area contributed by atoms with E-state index < -0.39 is 0 Å². The molecular weight excluding hydrogens is 295 g/mol. The molecule has 1 heterocycles. The fourth-order valence-electron chi connectivity index (χ4n) is 1.99. The summed E-state index contributed by atoms with van der Waals surface area (Å²) in [5.41, 5.74) is 3.15. The number of hydrogen-bond acceptors (Lipinski definition) is 1. The molecule has 0 saturated carbocycles. The fourth-order valence-corrected chi connectivity index (χ4v) is 2.35. The molecule has 0 unspecified atom stereocenters. The van der Waals surface area contributed by atoms with Crippen molar-refractivity contribution in [2.75, 3.05) is 0 Å². The molecule has 1 N–H and O–H groups in total. The van der Waals surface area contributed by atoms with Crippen LogP contribution in [-0.4, -0.2) is 9.97 Å². The van der Waals surface area contributed by atoms with Gasteiger partial charge in [-0.2, -0.15) is 0 Å². The number of halogens is 2. The highest BCUT2D eigenvalue weighted by molar-refractivity contribution is 9.10. The molecule has 0 bridgehead atoms. The fraction of sp³-hybridized carbons (Fsp3) is 0.0714. The highest BCUT2D eigenvalue weighted by Gasteiger charge is 2.11. The van der Waals surface area contributed by atoms with Crippen LogP contribution in [-0.2, 0) is 0 Å². The minimum Gasteiger partial charge on any atom is -0.338 e. The number of aromatic nitrogens is 2. The van der Waals surface area contributed by atoms with E-state index in [1.54, 1.807) is 6.07 Å². The van der Waals surface area contributed by atoms with Crippen LogP contribution in [0.2, 0.25) is 0 Å². The second kappa shape index (κ2) is 4.21. The molecule has 0 aliphatic rings. The van der Waals surface area contributed by atoms with Gasteiger partial charge in [0.25, 0.3) is 0 Å². The largest absolute Gasteiger partial charge is 0.338 e. The first-order valence-electron chi connectivity index (χ1n) is 5.56. The number of rotatable bonds is 1. The summed E-state index contributed by atoms with van der Waals surface area (Å²) >= 11 is 3.49. The minimum atomic E-state index is -0.303. The van der Waals surface area contributed by atoms with Crippen molar-refractivity contribution >= 4 is 27.0 Å². The van der Waals surface area contributed by atoms with E-state index in [0.717, 1.165) is 15.6 Å². The van der Waals surface area contributed by atoms with Gasteiger partial charge in [-0.05, 0) is 30.7 Å². The maximum Gasteiger partial charge on any atom is 0.151 e. The van der Waals surface area contributed by atoms with Gasteiger partial charge in [-0.3, -0.25) is 0 Å². The van der Waals surface area contributed by atoms with Crippen molar-refractivity contribution in [3.05, 3.63) is 52.3 Å². The van der Waals surface area contributed by atoms with E-state index >= 15 is 0 Å². The van der Waals surface area contributed by atoms with Gasteiger partial charge in [-0.15, -0.1) is 0 Å². The quantitative estimate of drug-likeness (QED) is 0.707. The van der Waals surface area contributed by atoms with E-state index in [1.165, 1.54) is 6.07 Å². The molecule has 0 spiro atoms. The van der Waals surface area contributed by atoms with Crippen molar-refractivity contribution < 1.29 is 4.39 Å². The van der Waals surface area contributed by atoms with Crippen LogP contribution in [0, 0.1) is 12.7 Å². The van der Waals surface area contributed by atoms with Crippen LogP contribution in [0.3, 0.4) is 0 Å². The molecule has 0 saturated heterocycles. The molecule has 0 fully saturated rings. The molecule has 0 amide bonds. The van der Waals surface area contributed by atoms with Crippen molar-refractivity contribution in [1.82, 2.24) is 9.97 Å². The molecular formula is C14H10BrFN2. The Bertz CT molecular complexity index is 734.